The minimum absolute atomic E-state index is 0.0539. The summed E-state index contributed by atoms with van der Waals surface area (Å²) in [5, 5.41) is 11.8. The van der Waals surface area contributed by atoms with Crippen LogP contribution in [0, 0.1) is 0 Å². The van der Waals surface area contributed by atoms with Crippen molar-refractivity contribution in [3.05, 3.63) is 29.3 Å². The van der Waals surface area contributed by atoms with Crippen molar-refractivity contribution in [2.75, 3.05) is 11.9 Å². The summed E-state index contributed by atoms with van der Waals surface area (Å²) < 4.78 is 37.1. The standard InChI is InChI=1S/C11H10F3NO2/c12-11(13,14)4-6-5-15-8-3-1-2-7(9(6)8)10(16)17/h1-3,6,15H,4-5H2,(H,16,17). The minimum Gasteiger partial charge on any atom is -0.478 e. The van der Waals surface area contributed by atoms with Crippen LogP contribution in [0.2, 0.25) is 0 Å². The van der Waals surface area contributed by atoms with Crippen LogP contribution in [-0.4, -0.2) is 23.8 Å². The maximum absolute atomic E-state index is 12.4. The Kier molecular flexibility index (Phi) is 2.73. The van der Waals surface area contributed by atoms with Gasteiger partial charge in [-0.15, -0.1) is 0 Å². The molecule has 6 heteroatoms. The lowest BCUT2D eigenvalue weighted by molar-refractivity contribution is -0.137. The molecule has 1 unspecified atom stereocenters. The largest absolute Gasteiger partial charge is 0.478 e. The summed E-state index contributed by atoms with van der Waals surface area (Å²) in [6.07, 6.45) is -5.29. The number of rotatable bonds is 2. The monoisotopic (exact) mass is 245 g/mol. The highest BCUT2D eigenvalue weighted by Gasteiger charge is 2.37. The molecule has 2 N–H and O–H groups in total. The number of halogens is 3. The predicted molar refractivity (Wildman–Crippen MR) is 55.3 cm³/mol. The van der Waals surface area contributed by atoms with Crippen LogP contribution >= 0.6 is 0 Å². The maximum atomic E-state index is 12.4. The van der Waals surface area contributed by atoms with E-state index in [2.05, 4.69) is 5.32 Å². The summed E-state index contributed by atoms with van der Waals surface area (Å²) in [5.41, 5.74) is 0.693. The quantitative estimate of drug-likeness (QED) is 0.842. The molecule has 1 heterocycles. The summed E-state index contributed by atoms with van der Waals surface area (Å²) in [6, 6.07) is 4.45. The summed E-state index contributed by atoms with van der Waals surface area (Å²) in [6.45, 7) is 0.124. The van der Waals surface area contributed by atoms with Crippen LogP contribution in [0.3, 0.4) is 0 Å². The third kappa shape index (κ3) is 2.35. The van der Waals surface area contributed by atoms with E-state index < -0.39 is 24.5 Å². The van der Waals surface area contributed by atoms with Crippen LogP contribution in [-0.2, 0) is 0 Å². The highest BCUT2D eigenvalue weighted by atomic mass is 19.4. The Labute approximate surface area is 95.3 Å². The van der Waals surface area contributed by atoms with Gasteiger partial charge in [0.15, 0.2) is 0 Å². The van der Waals surface area contributed by atoms with E-state index in [1.807, 2.05) is 0 Å². The smallest absolute Gasteiger partial charge is 0.389 e. The van der Waals surface area contributed by atoms with Crippen molar-refractivity contribution >= 4 is 11.7 Å². The van der Waals surface area contributed by atoms with Crippen molar-refractivity contribution in [3.63, 3.8) is 0 Å². The molecule has 1 aromatic carbocycles. The van der Waals surface area contributed by atoms with Crippen LogP contribution in [0.25, 0.3) is 0 Å². The Bertz CT molecular complexity index is 457. The molecule has 0 bridgehead atoms. The zero-order valence-electron chi connectivity index (χ0n) is 8.71. The fourth-order valence-corrected chi connectivity index (χ4v) is 2.13. The lowest BCUT2D eigenvalue weighted by Gasteiger charge is -2.14. The highest BCUT2D eigenvalue weighted by molar-refractivity contribution is 5.92. The van der Waals surface area contributed by atoms with E-state index in [9.17, 15) is 18.0 Å². The first kappa shape index (κ1) is 11.8. The SMILES string of the molecule is O=C(O)c1cccc2c1C(CC(F)(F)F)CN2. The van der Waals surface area contributed by atoms with Gasteiger partial charge in [-0.3, -0.25) is 0 Å². The second-order valence-corrected chi connectivity index (χ2v) is 3.97. The van der Waals surface area contributed by atoms with Gasteiger partial charge in [0.05, 0.1) is 12.0 Å². The predicted octanol–water partition coefficient (Wildman–Crippen LogP) is 2.85. The first-order valence-corrected chi connectivity index (χ1v) is 5.05. The van der Waals surface area contributed by atoms with E-state index in [4.69, 9.17) is 5.11 Å². The van der Waals surface area contributed by atoms with E-state index >= 15 is 0 Å². The number of alkyl halides is 3. The van der Waals surface area contributed by atoms with Crippen molar-refractivity contribution < 1.29 is 23.1 Å². The van der Waals surface area contributed by atoms with Gasteiger partial charge in [0, 0.05) is 18.2 Å². The van der Waals surface area contributed by atoms with Gasteiger partial charge in [0.2, 0.25) is 0 Å². The van der Waals surface area contributed by atoms with E-state index in [-0.39, 0.29) is 17.7 Å². The molecular formula is C11H10F3NO2. The molecule has 0 aliphatic carbocycles. The number of nitrogens with one attached hydrogen (secondary N) is 1. The Balaban J connectivity index is 2.39. The van der Waals surface area contributed by atoms with E-state index in [0.717, 1.165) is 0 Å². The van der Waals surface area contributed by atoms with Gasteiger partial charge in [-0.1, -0.05) is 6.07 Å². The maximum Gasteiger partial charge on any atom is 0.389 e. The van der Waals surface area contributed by atoms with Crippen LogP contribution in [0.5, 0.6) is 0 Å². The van der Waals surface area contributed by atoms with Crippen molar-refractivity contribution in [3.8, 4) is 0 Å². The third-order valence-electron chi connectivity index (χ3n) is 2.76. The van der Waals surface area contributed by atoms with Crippen LogP contribution in [0.4, 0.5) is 18.9 Å². The Morgan fingerprint density at radius 3 is 2.76 bits per heavy atom. The molecule has 0 amide bonds. The molecule has 0 saturated carbocycles. The number of anilines is 1. The van der Waals surface area contributed by atoms with Gasteiger partial charge in [-0.05, 0) is 17.7 Å². The highest BCUT2D eigenvalue weighted by Crippen LogP contribution is 2.40. The van der Waals surface area contributed by atoms with Gasteiger partial charge >= 0.3 is 12.1 Å². The molecule has 1 aromatic rings. The zero-order valence-corrected chi connectivity index (χ0v) is 8.71. The fourth-order valence-electron chi connectivity index (χ4n) is 2.13. The number of carbonyl (C=O) groups is 1. The summed E-state index contributed by atoms with van der Waals surface area (Å²) in [4.78, 5) is 11.0. The Hall–Kier alpha value is -1.72. The first-order valence-electron chi connectivity index (χ1n) is 5.05. The second-order valence-electron chi connectivity index (χ2n) is 3.97. The van der Waals surface area contributed by atoms with E-state index in [0.29, 0.717) is 5.69 Å². The van der Waals surface area contributed by atoms with Gasteiger partial charge in [0.25, 0.3) is 0 Å². The number of hydrogen-bond donors (Lipinski definition) is 2. The molecule has 0 radical (unpaired) electrons. The fraction of sp³-hybridized carbons (Fsp3) is 0.364. The van der Waals surface area contributed by atoms with Gasteiger partial charge in [0.1, 0.15) is 0 Å². The number of carboxylic acid groups (broad SMARTS) is 1. The molecule has 0 aromatic heterocycles. The first-order chi connectivity index (χ1) is 7.88. The van der Waals surface area contributed by atoms with Crippen LogP contribution in [0.15, 0.2) is 18.2 Å². The number of fused-ring (bicyclic) bond motifs is 1. The third-order valence-corrected chi connectivity index (χ3v) is 2.76. The zero-order chi connectivity index (χ0) is 12.6. The van der Waals surface area contributed by atoms with Crippen molar-refractivity contribution in [2.45, 2.75) is 18.5 Å². The molecule has 3 nitrogen and oxygen atoms in total. The number of carboxylic acids is 1. The van der Waals surface area contributed by atoms with Crippen molar-refractivity contribution in [1.29, 1.82) is 0 Å². The normalized spacial score (nSPS) is 18.6. The molecule has 1 aliphatic heterocycles. The van der Waals surface area contributed by atoms with Crippen molar-refractivity contribution in [1.82, 2.24) is 0 Å². The molecule has 0 fully saturated rings. The molecule has 1 atom stereocenters. The van der Waals surface area contributed by atoms with Gasteiger partial charge in [-0.2, -0.15) is 13.2 Å². The number of hydrogen-bond acceptors (Lipinski definition) is 2. The average molecular weight is 245 g/mol. The molecule has 1 aliphatic rings. The summed E-state index contributed by atoms with van der Waals surface area (Å²) in [5.74, 6) is -2.02. The lowest BCUT2D eigenvalue weighted by atomic mass is 9.93. The molecule has 0 spiro atoms. The molecule has 2 rings (SSSR count). The molecule has 0 saturated heterocycles. The van der Waals surface area contributed by atoms with Crippen molar-refractivity contribution in [2.24, 2.45) is 0 Å². The van der Waals surface area contributed by atoms with Gasteiger partial charge in [-0.25, -0.2) is 4.79 Å². The van der Waals surface area contributed by atoms with Crippen LogP contribution < -0.4 is 5.32 Å². The van der Waals surface area contributed by atoms with Crippen LogP contribution in [0.1, 0.15) is 28.3 Å². The Morgan fingerprint density at radius 1 is 1.47 bits per heavy atom. The average Bonchev–Trinajstić information content (AvgIpc) is 2.59. The summed E-state index contributed by atoms with van der Waals surface area (Å²) in [7, 11) is 0. The van der Waals surface area contributed by atoms with Gasteiger partial charge < -0.3 is 10.4 Å². The lowest BCUT2D eigenvalue weighted by Crippen LogP contribution is -2.16. The summed E-state index contributed by atoms with van der Waals surface area (Å²) >= 11 is 0. The minimum atomic E-state index is -4.29. The molecule has 92 valence electrons. The number of aromatic carboxylic acids is 1. The molecule has 17 heavy (non-hydrogen) atoms. The second kappa shape index (κ2) is 3.94. The van der Waals surface area contributed by atoms with E-state index in [1.165, 1.54) is 12.1 Å². The topological polar surface area (TPSA) is 49.3 Å². The molecular weight excluding hydrogens is 235 g/mol. The number of benzene rings is 1. The Morgan fingerprint density at radius 2 is 2.18 bits per heavy atom. The van der Waals surface area contributed by atoms with E-state index in [1.54, 1.807) is 6.07 Å².